The molecule has 1 heterocycles. The van der Waals surface area contributed by atoms with Gasteiger partial charge in [-0.3, -0.25) is 0 Å². The Labute approximate surface area is 108 Å². The predicted octanol–water partition coefficient (Wildman–Crippen LogP) is 2.20. The summed E-state index contributed by atoms with van der Waals surface area (Å²) >= 11 is 0. The smallest absolute Gasteiger partial charge is 0.326 e. The Morgan fingerprint density at radius 1 is 1.44 bits per heavy atom. The quantitative estimate of drug-likeness (QED) is 0.857. The molecule has 2 N–H and O–H groups in total. The molecule has 98 valence electrons. The van der Waals surface area contributed by atoms with Gasteiger partial charge in [-0.15, -0.1) is 0 Å². The first-order chi connectivity index (χ1) is 8.49. The molecule has 0 fully saturated rings. The summed E-state index contributed by atoms with van der Waals surface area (Å²) in [6.07, 6.45) is 1.03. The van der Waals surface area contributed by atoms with E-state index in [1.54, 1.807) is 0 Å². The number of nitrogens with one attached hydrogen (secondary N) is 1. The third-order valence-electron chi connectivity index (χ3n) is 3.46. The van der Waals surface area contributed by atoms with Crippen LogP contribution in [0.25, 0.3) is 0 Å². The second kappa shape index (κ2) is 4.88. The van der Waals surface area contributed by atoms with Gasteiger partial charge in [-0.1, -0.05) is 13.8 Å². The topological polar surface area (TPSA) is 52.6 Å². The van der Waals surface area contributed by atoms with E-state index in [4.69, 9.17) is 5.11 Å². The molecule has 0 radical (unpaired) electrons. The third-order valence-corrected chi connectivity index (χ3v) is 3.46. The first kappa shape index (κ1) is 12.7. The van der Waals surface area contributed by atoms with Gasteiger partial charge in [0, 0.05) is 25.0 Å². The van der Waals surface area contributed by atoms with Crippen molar-refractivity contribution < 1.29 is 9.90 Å². The van der Waals surface area contributed by atoms with E-state index < -0.39 is 12.0 Å². The van der Waals surface area contributed by atoms with Crippen LogP contribution in [0.3, 0.4) is 0 Å². The van der Waals surface area contributed by atoms with E-state index in [2.05, 4.69) is 29.4 Å². The molecule has 0 bridgehead atoms. The highest BCUT2D eigenvalue weighted by Gasteiger charge is 2.22. The van der Waals surface area contributed by atoms with Crippen LogP contribution in [0.5, 0.6) is 0 Å². The average molecular weight is 248 g/mol. The Bertz CT molecular complexity index is 457. The van der Waals surface area contributed by atoms with Crippen molar-refractivity contribution >= 4 is 17.3 Å². The van der Waals surface area contributed by atoms with Gasteiger partial charge in [-0.05, 0) is 36.1 Å². The van der Waals surface area contributed by atoms with Crippen LogP contribution in [0.4, 0.5) is 11.4 Å². The molecule has 0 saturated heterocycles. The number of carboxylic acids is 1. The lowest BCUT2D eigenvalue weighted by atomic mass is 10.0. The molecule has 0 amide bonds. The van der Waals surface area contributed by atoms with Gasteiger partial charge in [0.1, 0.15) is 6.04 Å². The fourth-order valence-electron chi connectivity index (χ4n) is 2.35. The molecule has 1 aromatic rings. The van der Waals surface area contributed by atoms with Crippen molar-refractivity contribution in [3.05, 3.63) is 23.8 Å². The summed E-state index contributed by atoms with van der Waals surface area (Å²) in [5.41, 5.74) is 3.43. The Kier molecular flexibility index (Phi) is 3.45. The van der Waals surface area contributed by atoms with Crippen LogP contribution in [0.2, 0.25) is 0 Å². The summed E-state index contributed by atoms with van der Waals surface area (Å²) in [4.78, 5) is 13.4. The van der Waals surface area contributed by atoms with Crippen LogP contribution >= 0.6 is 0 Å². The van der Waals surface area contributed by atoms with E-state index in [0.29, 0.717) is 0 Å². The number of nitrogens with zero attached hydrogens (tertiary/aromatic N) is 1. The van der Waals surface area contributed by atoms with Crippen molar-refractivity contribution in [3.63, 3.8) is 0 Å². The molecular weight excluding hydrogens is 228 g/mol. The van der Waals surface area contributed by atoms with Gasteiger partial charge in [-0.25, -0.2) is 4.79 Å². The van der Waals surface area contributed by atoms with Gasteiger partial charge in [0.15, 0.2) is 0 Å². The molecule has 1 aliphatic heterocycles. The molecule has 2 rings (SSSR count). The molecule has 0 aliphatic carbocycles. The van der Waals surface area contributed by atoms with Crippen LogP contribution in [0.15, 0.2) is 18.2 Å². The maximum Gasteiger partial charge on any atom is 0.326 e. The number of carbonyl (C=O) groups is 1. The van der Waals surface area contributed by atoms with Crippen molar-refractivity contribution in [2.75, 3.05) is 23.8 Å². The lowest BCUT2D eigenvalue weighted by Gasteiger charge is -2.20. The van der Waals surface area contributed by atoms with E-state index in [9.17, 15) is 4.79 Å². The number of aliphatic carboxylic acids is 1. The zero-order valence-electron chi connectivity index (χ0n) is 11.1. The summed E-state index contributed by atoms with van der Waals surface area (Å²) in [5, 5.41) is 12.3. The van der Waals surface area contributed by atoms with Gasteiger partial charge in [-0.2, -0.15) is 0 Å². The van der Waals surface area contributed by atoms with Crippen LogP contribution < -0.4 is 10.2 Å². The summed E-state index contributed by atoms with van der Waals surface area (Å²) in [6, 6.07) is 5.54. The van der Waals surface area contributed by atoms with Crippen molar-refractivity contribution in [2.24, 2.45) is 5.92 Å². The fourth-order valence-corrected chi connectivity index (χ4v) is 2.35. The summed E-state index contributed by atoms with van der Waals surface area (Å²) in [6.45, 7) is 4.85. The van der Waals surface area contributed by atoms with Crippen LogP contribution in [0.1, 0.15) is 19.4 Å². The number of fused-ring (bicyclic) bond motifs is 1. The number of anilines is 2. The van der Waals surface area contributed by atoms with E-state index in [1.165, 1.54) is 11.3 Å². The Hall–Kier alpha value is -1.71. The lowest BCUT2D eigenvalue weighted by Crippen LogP contribution is -2.34. The standard InChI is InChI=1S/C14H20N2O2/c1-9(2)13(14(17)18)15-11-4-5-12-10(8-11)6-7-16(12)3/h4-5,8-9,13,15H,6-7H2,1-3H3,(H,17,18). The number of carboxylic acid groups (broad SMARTS) is 1. The van der Waals surface area contributed by atoms with Gasteiger partial charge in [0.2, 0.25) is 0 Å². The molecule has 0 aromatic heterocycles. The normalized spacial score (nSPS) is 15.7. The van der Waals surface area contributed by atoms with Gasteiger partial charge >= 0.3 is 5.97 Å². The summed E-state index contributed by atoms with van der Waals surface area (Å²) < 4.78 is 0. The molecule has 4 heteroatoms. The molecule has 18 heavy (non-hydrogen) atoms. The number of likely N-dealkylation sites (N-methyl/N-ethyl adjacent to an activating group) is 1. The maximum atomic E-state index is 11.2. The number of benzene rings is 1. The number of hydrogen-bond acceptors (Lipinski definition) is 3. The molecular formula is C14H20N2O2. The summed E-state index contributed by atoms with van der Waals surface area (Å²) in [5.74, 6) is -0.749. The average Bonchev–Trinajstić information content (AvgIpc) is 2.67. The van der Waals surface area contributed by atoms with Gasteiger partial charge < -0.3 is 15.3 Å². The zero-order chi connectivity index (χ0) is 13.3. The summed E-state index contributed by atoms with van der Waals surface area (Å²) in [7, 11) is 2.08. The second-order valence-corrected chi connectivity index (χ2v) is 5.22. The minimum absolute atomic E-state index is 0.0541. The van der Waals surface area contributed by atoms with Crippen molar-refractivity contribution in [1.29, 1.82) is 0 Å². The first-order valence-electron chi connectivity index (χ1n) is 6.32. The Balaban J connectivity index is 2.18. The minimum atomic E-state index is -0.803. The monoisotopic (exact) mass is 248 g/mol. The predicted molar refractivity (Wildman–Crippen MR) is 73.3 cm³/mol. The SMILES string of the molecule is CC(C)C(Nc1ccc2c(c1)CCN2C)C(=O)O. The van der Waals surface area contributed by atoms with E-state index in [0.717, 1.165) is 18.7 Å². The zero-order valence-corrected chi connectivity index (χ0v) is 11.1. The number of hydrogen-bond donors (Lipinski definition) is 2. The lowest BCUT2D eigenvalue weighted by molar-refractivity contribution is -0.138. The van der Waals surface area contributed by atoms with E-state index in [1.807, 2.05) is 19.9 Å². The van der Waals surface area contributed by atoms with E-state index in [-0.39, 0.29) is 5.92 Å². The molecule has 0 saturated carbocycles. The van der Waals surface area contributed by atoms with Gasteiger partial charge in [0.25, 0.3) is 0 Å². The largest absolute Gasteiger partial charge is 0.480 e. The van der Waals surface area contributed by atoms with E-state index >= 15 is 0 Å². The second-order valence-electron chi connectivity index (χ2n) is 5.22. The van der Waals surface area contributed by atoms with Crippen LogP contribution in [0, 0.1) is 5.92 Å². The Morgan fingerprint density at radius 3 is 2.78 bits per heavy atom. The van der Waals surface area contributed by atoms with Crippen molar-refractivity contribution in [2.45, 2.75) is 26.3 Å². The minimum Gasteiger partial charge on any atom is -0.480 e. The molecule has 1 atom stereocenters. The van der Waals surface area contributed by atoms with Crippen LogP contribution in [-0.2, 0) is 11.2 Å². The highest BCUT2D eigenvalue weighted by molar-refractivity contribution is 5.78. The molecule has 1 unspecified atom stereocenters. The van der Waals surface area contributed by atoms with Crippen molar-refractivity contribution in [3.8, 4) is 0 Å². The molecule has 4 nitrogen and oxygen atoms in total. The molecule has 1 aliphatic rings. The highest BCUT2D eigenvalue weighted by Crippen LogP contribution is 2.29. The number of rotatable bonds is 4. The van der Waals surface area contributed by atoms with Crippen LogP contribution in [-0.4, -0.2) is 30.7 Å². The van der Waals surface area contributed by atoms with Crippen molar-refractivity contribution in [1.82, 2.24) is 0 Å². The van der Waals surface area contributed by atoms with Gasteiger partial charge in [0.05, 0.1) is 0 Å². The first-order valence-corrected chi connectivity index (χ1v) is 6.32. The Morgan fingerprint density at radius 2 is 2.17 bits per heavy atom. The molecule has 1 aromatic carbocycles. The fraction of sp³-hybridized carbons (Fsp3) is 0.500. The maximum absolute atomic E-state index is 11.2. The highest BCUT2D eigenvalue weighted by atomic mass is 16.4. The molecule has 0 spiro atoms. The third kappa shape index (κ3) is 2.42.